The second-order valence-electron chi connectivity index (χ2n) is 4.10. The fourth-order valence-corrected chi connectivity index (χ4v) is 1.67. The van der Waals surface area contributed by atoms with Crippen molar-refractivity contribution >= 4 is 5.91 Å². The van der Waals surface area contributed by atoms with Crippen LogP contribution >= 0.6 is 0 Å². The minimum atomic E-state index is -0.00593. The third-order valence-electron chi connectivity index (χ3n) is 2.66. The molecule has 1 aliphatic heterocycles. The predicted octanol–water partition coefficient (Wildman–Crippen LogP) is -0.563. The molecule has 0 saturated carbocycles. The first-order valence-electron chi connectivity index (χ1n) is 4.63. The van der Waals surface area contributed by atoms with Gasteiger partial charge >= 0.3 is 0 Å². The molecule has 0 aromatic heterocycles. The second kappa shape index (κ2) is 4.07. The molecule has 4 heteroatoms. The van der Waals surface area contributed by atoms with Crippen molar-refractivity contribution < 1.29 is 9.90 Å². The smallest absolute Gasteiger partial charge is 0.233 e. The highest BCUT2D eigenvalue weighted by Gasteiger charge is 2.33. The number of rotatable bonds is 3. The van der Waals surface area contributed by atoms with Crippen molar-refractivity contribution in [1.82, 2.24) is 10.2 Å². The molecule has 0 bridgehead atoms. The van der Waals surface area contributed by atoms with Crippen LogP contribution in [0.5, 0.6) is 0 Å². The summed E-state index contributed by atoms with van der Waals surface area (Å²) in [7, 11) is 1.64. The number of nitrogens with zero attached hydrogens (tertiary/aromatic N) is 1. The van der Waals surface area contributed by atoms with E-state index in [1.54, 1.807) is 7.05 Å². The number of nitrogens with one attached hydrogen (secondary N) is 1. The topological polar surface area (TPSA) is 52.6 Å². The Hall–Kier alpha value is -0.610. The van der Waals surface area contributed by atoms with Crippen molar-refractivity contribution in [2.24, 2.45) is 5.41 Å². The molecule has 2 N–H and O–H groups in total. The monoisotopic (exact) mass is 186 g/mol. The van der Waals surface area contributed by atoms with Crippen LogP contribution in [-0.4, -0.2) is 49.2 Å². The van der Waals surface area contributed by atoms with Gasteiger partial charge in [-0.2, -0.15) is 0 Å². The number of likely N-dealkylation sites (N-methyl/N-ethyl adjacent to an activating group) is 1. The highest BCUT2D eigenvalue weighted by atomic mass is 16.3. The quantitative estimate of drug-likeness (QED) is 0.621. The first-order valence-corrected chi connectivity index (χ1v) is 4.63. The lowest BCUT2D eigenvalue weighted by Gasteiger charge is -2.21. The Labute approximate surface area is 78.9 Å². The van der Waals surface area contributed by atoms with E-state index in [1.807, 2.05) is 0 Å². The van der Waals surface area contributed by atoms with Crippen molar-refractivity contribution in [1.29, 1.82) is 0 Å². The number of aliphatic hydroxyl groups is 1. The largest absolute Gasteiger partial charge is 0.396 e. The molecule has 1 heterocycles. The molecule has 1 saturated heterocycles. The van der Waals surface area contributed by atoms with Crippen molar-refractivity contribution in [3.05, 3.63) is 0 Å². The second-order valence-corrected chi connectivity index (χ2v) is 4.10. The van der Waals surface area contributed by atoms with Crippen LogP contribution in [0.4, 0.5) is 0 Å². The van der Waals surface area contributed by atoms with Crippen LogP contribution in [0.2, 0.25) is 0 Å². The molecule has 0 spiro atoms. The van der Waals surface area contributed by atoms with Crippen molar-refractivity contribution in [3.63, 3.8) is 0 Å². The molecule has 13 heavy (non-hydrogen) atoms. The molecule has 0 radical (unpaired) electrons. The van der Waals surface area contributed by atoms with E-state index in [-0.39, 0.29) is 17.9 Å². The summed E-state index contributed by atoms with van der Waals surface area (Å²) >= 11 is 0. The van der Waals surface area contributed by atoms with Crippen LogP contribution in [0.15, 0.2) is 0 Å². The van der Waals surface area contributed by atoms with Crippen LogP contribution < -0.4 is 5.32 Å². The van der Waals surface area contributed by atoms with Gasteiger partial charge in [0.1, 0.15) is 0 Å². The standard InChI is InChI=1S/C9H18N2O2/c1-9(7-12)3-4-11(6-9)5-8(13)10-2/h12H,3-7H2,1-2H3,(H,10,13). The maximum Gasteiger partial charge on any atom is 0.233 e. The Kier molecular flexibility index (Phi) is 3.27. The molecule has 1 fully saturated rings. The molecule has 1 aliphatic rings. The summed E-state index contributed by atoms with van der Waals surface area (Å²) in [5, 5.41) is 11.7. The molecule has 1 unspecified atom stereocenters. The molecule has 4 nitrogen and oxygen atoms in total. The number of hydrogen-bond acceptors (Lipinski definition) is 3. The Morgan fingerprint density at radius 1 is 1.69 bits per heavy atom. The number of hydrogen-bond donors (Lipinski definition) is 2. The first-order chi connectivity index (χ1) is 6.09. The minimum absolute atomic E-state index is 0.00593. The lowest BCUT2D eigenvalue weighted by molar-refractivity contribution is -0.121. The Morgan fingerprint density at radius 3 is 2.85 bits per heavy atom. The van der Waals surface area contributed by atoms with Crippen molar-refractivity contribution in [3.8, 4) is 0 Å². The van der Waals surface area contributed by atoms with E-state index >= 15 is 0 Å². The summed E-state index contributed by atoms with van der Waals surface area (Å²) in [6, 6.07) is 0. The van der Waals surface area contributed by atoms with Crippen molar-refractivity contribution in [2.45, 2.75) is 13.3 Å². The van der Waals surface area contributed by atoms with Gasteiger partial charge in [-0.3, -0.25) is 9.69 Å². The first kappa shape index (κ1) is 10.5. The third-order valence-corrected chi connectivity index (χ3v) is 2.66. The Balaban J connectivity index is 2.37. The summed E-state index contributed by atoms with van der Waals surface area (Å²) in [4.78, 5) is 13.1. The van der Waals surface area contributed by atoms with E-state index in [9.17, 15) is 4.79 Å². The van der Waals surface area contributed by atoms with Crippen LogP contribution in [0.1, 0.15) is 13.3 Å². The zero-order valence-electron chi connectivity index (χ0n) is 8.34. The van der Waals surface area contributed by atoms with Crippen LogP contribution in [0.3, 0.4) is 0 Å². The molecule has 1 amide bonds. The maximum atomic E-state index is 11.1. The zero-order chi connectivity index (χ0) is 9.90. The molecule has 76 valence electrons. The van der Waals surface area contributed by atoms with E-state index in [0.29, 0.717) is 6.54 Å². The molecule has 0 aliphatic carbocycles. The molecule has 0 aromatic carbocycles. The summed E-state index contributed by atoms with van der Waals surface area (Å²) < 4.78 is 0. The number of amides is 1. The number of carbonyl (C=O) groups excluding carboxylic acids is 1. The van der Waals surface area contributed by atoms with Gasteiger partial charge < -0.3 is 10.4 Å². The normalized spacial score (nSPS) is 29.2. The number of aliphatic hydroxyl groups excluding tert-OH is 1. The van der Waals surface area contributed by atoms with E-state index in [2.05, 4.69) is 17.1 Å². The average molecular weight is 186 g/mol. The van der Waals surface area contributed by atoms with Gasteiger partial charge in [-0.1, -0.05) is 6.92 Å². The fourth-order valence-electron chi connectivity index (χ4n) is 1.67. The van der Waals surface area contributed by atoms with Crippen LogP contribution in [0, 0.1) is 5.41 Å². The van der Waals surface area contributed by atoms with Crippen LogP contribution in [-0.2, 0) is 4.79 Å². The molecule has 1 rings (SSSR count). The summed E-state index contributed by atoms with van der Waals surface area (Å²) in [6.45, 7) is 4.43. The predicted molar refractivity (Wildman–Crippen MR) is 50.3 cm³/mol. The van der Waals surface area contributed by atoms with Gasteiger partial charge in [-0.05, 0) is 13.0 Å². The van der Waals surface area contributed by atoms with Gasteiger partial charge in [0, 0.05) is 25.6 Å². The molecule has 1 atom stereocenters. The van der Waals surface area contributed by atoms with Gasteiger partial charge in [-0.25, -0.2) is 0 Å². The third kappa shape index (κ3) is 2.67. The highest BCUT2D eigenvalue weighted by Crippen LogP contribution is 2.28. The SMILES string of the molecule is CNC(=O)CN1CCC(C)(CO)C1. The Morgan fingerprint density at radius 2 is 2.38 bits per heavy atom. The molecular weight excluding hydrogens is 168 g/mol. The van der Waals surface area contributed by atoms with Crippen molar-refractivity contribution in [2.75, 3.05) is 33.3 Å². The lowest BCUT2D eigenvalue weighted by Crippen LogP contribution is -2.36. The average Bonchev–Trinajstić information content (AvgIpc) is 2.48. The van der Waals surface area contributed by atoms with Gasteiger partial charge in [-0.15, -0.1) is 0 Å². The minimum Gasteiger partial charge on any atom is -0.396 e. The Bertz CT molecular complexity index is 196. The fraction of sp³-hybridized carbons (Fsp3) is 0.889. The molecular formula is C9H18N2O2. The van der Waals surface area contributed by atoms with Gasteiger partial charge in [0.25, 0.3) is 0 Å². The van der Waals surface area contributed by atoms with Gasteiger partial charge in [0.15, 0.2) is 0 Å². The van der Waals surface area contributed by atoms with E-state index in [0.717, 1.165) is 19.5 Å². The van der Waals surface area contributed by atoms with E-state index < -0.39 is 0 Å². The summed E-state index contributed by atoms with van der Waals surface area (Å²) in [6.07, 6.45) is 0.973. The summed E-state index contributed by atoms with van der Waals surface area (Å²) in [5.74, 6) is 0.0437. The zero-order valence-corrected chi connectivity index (χ0v) is 8.34. The van der Waals surface area contributed by atoms with Crippen LogP contribution in [0.25, 0.3) is 0 Å². The van der Waals surface area contributed by atoms with Gasteiger partial charge in [0.2, 0.25) is 5.91 Å². The maximum absolute atomic E-state index is 11.1. The van der Waals surface area contributed by atoms with Gasteiger partial charge in [0.05, 0.1) is 6.54 Å². The summed E-state index contributed by atoms with van der Waals surface area (Å²) in [5.41, 5.74) is -0.00593. The van der Waals surface area contributed by atoms with E-state index in [1.165, 1.54) is 0 Å². The number of likely N-dealkylation sites (tertiary alicyclic amines) is 1. The number of carbonyl (C=O) groups is 1. The molecule has 0 aromatic rings. The lowest BCUT2D eigenvalue weighted by atomic mass is 9.91. The highest BCUT2D eigenvalue weighted by molar-refractivity contribution is 5.77. The van der Waals surface area contributed by atoms with E-state index in [4.69, 9.17) is 5.11 Å².